The monoisotopic (exact) mass is 259 g/mol. The standard InChI is InChI=1S/C12H16F3N3/c1-2-7-18(8-12(13,14)15)10-5-3-9(4-6-10)11(16)17/h3-6H,2,7-8H2,1H3,(H3,16,17). The summed E-state index contributed by atoms with van der Waals surface area (Å²) in [7, 11) is 0. The molecule has 3 nitrogen and oxygen atoms in total. The minimum absolute atomic E-state index is 0.0978. The number of alkyl halides is 3. The van der Waals surface area contributed by atoms with E-state index in [1.54, 1.807) is 24.3 Å². The normalized spacial score (nSPS) is 11.3. The summed E-state index contributed by atoms with van der Waals surface area (Å²) in [4.78, 5) is 1.27. The van der Waals surface area contributed by atoms with E-state index in [0.717, 1.165) is 0 Å². The van der Waals surface area contributed by atoms with Gasteiger partial charge in [-0.2, -0.15) is 13.2 Å². The molecule has 0 bridgehead atoms. The van der Waals surface area contributed by atoms with Crippen molar-refractivity contribution >= 4 is 11.5 Å². The number of rotatable bonds is 5. The first-order chi connectivity index (χ1) is 8.33. The molecule has 3 N–H and O–H groups in total. The zero-order valence-electron chi connectivity index (χ0n) is 10.1. The Balaban J connectivity index is 2.88. The van der Waals surface area contributed by atoms with Crippen molar-refractivity contribution in [2.75, 3.05) is 18.0 Å². The molecule has 0 aromatic heterocycles. The molecule has 0 heterocycles. The molecule has 1 aromatic carbocycles. The lowest BCUT2D eigenvalue weighted by atomic mass is 10.1. The highest BCUT2D eigenvalue weighted by Gasteiger charge is 2.30. The molecule has 0 aliphatic rings. The van der Waals surface area contributed by atoms with Crippen molar-refractivity contribution in [2.45, 2.75) is 19.5 Å². The molecule has 0 aliphatic carbocycles. The molecule has 0 saturated carbocycles. The van der Waals surface area contributed by atoms with E-state index in [0.29, 0.717) is 24.2 Å². The van der Waals surface area contributed by atoms with E-state index in [-0.39, 0.29) is 5.84 Å². The smallest absolute Gasteiger partial charge is 0.384 e. The highest BCUT2D eigenvalue weighted by atomic mass is 19.4. The predicted octanol–water partition coefficient (Wildman–Crippen LogP) is 2.75. The van der Waals surface area contributed by atoms with Crippen LogP contribution in [0.15, 0.2) is 24.3 Å². The lowest BCUT2D eigenvalue weighted by molar-refractivity contribution is -0.119. The van der Waals surface area contributed by atoms with Crippen LogP contribution in [0, 0.1) is 5.41 Å². The Morgan fingerprint density at radius 1 is 1.28 bits per heavy atom. The van der Waals surface area contributed by atoms with Crippen LogP contribution < -0.4 is 10.6 Å². The van der Waals surface area contributed by atoms with E-state index >= 15 is 0 Å². The van der Waals surface area contributed by atoms with Gasteiger partial charge >= 0.3 is 6.18 Å². The molecule has 0 aliphatic heterocycles. The molecule has 0 radical (unpaired) electrons. The lowest BCUT2D eigenvalue weighted by Crippen LogP contribution is -2.34. The SMILES string of the molecule is CCCN(CC(F)(F)F)c1ccc(C(=N)N)cc1. The van der Waals surface area contributed by atoms with Crippen molar-refractivity contribution in [3.8, 4) is 0 Å². The first-order valence-corrected chi connectivity index (χ1v) is 5.59. The van der Waals surface area contributed by atoms with Crippen LogP contribution in [0.3, 0.4) is 0 Å². The third kappa shape index (κ3) is 4.27. The second kappa shape index (κ2) is 5.75. The summed E-state index contributed by atoms with van der Waals surface area (Å²) in [5.74, 6) is -0.0978. The molecule has 0 saturated heterocycles. The Labute approximate surface area is 104 Å². The van der Waals surface area contributed by atoms with E-state index in [9.17, 15) is 13.2 Å². The summed E-state index contributed by atoms with van der Waals surface area (Å²) in [5.41, 5.74) is 6.28. The van der Waals surface area contributed by atoms with Crippen LogP contribution in [0.4, 0.5) is 18.9 Å². The number of halogens is 3. The third-order valence-corrected chi connectivity index (χ3v) is 2.41. The Bertz CT molecular complexity index is 398. The third-order valence-electron chi connectivity index (χ3n) is 2.41. The van der Waals surface area contributed by atoms with Crippen molar-refractivity contribution < 1.29 is 13.2 Å². The summed E-state index contributed by atoms with van der Waals surface area (Å²) in [6, 6.07) is 6.21. The average Bonchev–Trinajstić information content (AvgIpc) is 2.27. The number of anilines is 1. The Morgan fingerprint density at radius 3 is 2.22 bits per heavy atom. The second-order valence-electron chi connectivity index (χ2n) is 4.00. The molecule has 6 heteroatoms. The molecule has 1 aromatic rings. The second-order valence-corrected chi connectivity index (χ2v) is 4.00. The van der Waals surface area contributed by atoms with Gasteiger partial charge in [0.25, 0.3) is 0 Å². The number of amidine groups is 1. The summed E-state index contributed by atoms with van der Waals surface area (Å²) in [6.45, 7) is 1.19. The molecule has 0 amide bonds. The maximum absolute atomic E-state index is 12.4. The van der Waals surface area contributed by atoms with Crippen molar-refractivity contribution in [1.82, 2.24) is 0 Å². The minimum atomic E-state index is -4.23. The minimum Gasteiger partial charge on any atom is -0.384 e. The maximum Gasteiger partial charge on any atom is 0.405 e. The van der Waals surface area contributed by atoms with E-state index in [1.165, 1.54) is 4.90 Å². The predicted molar refractivity (Wildman–Crippen MR) is 66.0 cm³/mol. The van der Waals surface area contributed by atoms with E-state index in [4.69, 9.17) is 11.1 Å². The van der Waals surface area contributed by atoms with Gasteiger partial charge in [0, 0.05) is 17.8 Å². The van der Waals surface area contributed by atoms with Crippen molar-refractivity contribution in [2.24, 2.45) is 5.73 Å². The zero-order valence-corrected chi connectivity index (χ0v) is 10.1. The fourth-order valence-electron chi connectivity index (χ4n) is 1.64. The number of nitrogen functional groups attached to an aromatic ring is 1. The van der Waals surface area contributed by atoms with Crippen LogP contribution in [-0.4, -0.2) is 25.1 Å². The van der Waals surface area contributed by atoms with Crippen LogP contribution in [0.1, 0.15) is 18.9 Å². The van der Waals surface area contributed by atoms with E-state index < -0.39 is 12.7 Å². The molecule has 1 rings (SSSR count). The fourth-order valence-corrected chi connectivity index (χ4v) is 1.64. The average molecular weight is 259 g/mol. The molecule has 18 heavy (non-hydrogen) atoms. The van der Waals surface area contributed by atoms with Gasteiger partial charge < -0.3 is 10.6 Å². The molecule has 0 unspecified atom stereocenters. The van der Waals surface area contributed by atoms with Crippen LogP contribution in [-0.2, 0) is 0 Å². The number of nitrogens with two attached hydrogens (primary N) is 1. The van der Waals surface area contributed by atoms with Crippen LogP contribution >= 0.6 is 0 Å². The molecule has 100 valence electrons. The van der Waals surface area contributed by atoms with Gasteiger partial charge in [0.15, 0.2) is 0 Å². The summed E-state index contributed by atoms with van der Waals surface area (Å²) >= 11 is 0. The Hall–Kier alpha value is -1.72. The van der Waals surface area contributed by atoms with Gasteiger partial charge in [-0.05, 0) is 30.7 Å². The van der Waals surface area contributed by atoms with Crippen molar-refractivity contribution in [1.29, 1.82) is 5.41 Å². The quantitative estimate of drug-likeness (QED) is 0.631. The van der Waals surface area contributed by atoms with Gasteiger partial charge in [0.05, 0.1) is 0 Å². The topological polar surface area (TPSA) is 53.1 Å². The first-order valence-electron chi connectivity index (χ1n) is 5.59. The van der Waals surface area contributed by atoms with Gasteiger partial charge in [0.2, 0.25) is 0 Å². The molecule has 0 atom stereocenters. The van der Waals surface area contributed by atoms with Crippen molar-refractivity contribution in [3.63, 3.8) is 0 Å². The lowest BCUT2D eigenvalue weighted by Gasteiger charge is -2.25. The molecular formula is C12H16F3N3. The van der Waals surface area contributed by atoms with Crippen LogP contribution in [0.2, 0.25) is 0 Å². The van der Waals surface area contributed by atoms with E-state index in [1.807, 2.05) is 6.92 Å². The highest BCUT2D eigenvalue weighted by molar-refractivity contribution is 5.95. The van der Waals surface area contributed by atoms with Gasteiger partial charge in [-0.3, -0.25) is 5.41 Å². The largest absolute Gasteiger partial charge is 0.405 e. The highest BCUT2D eigenvalue weighted by Crippen LogP contribution is 2.22. The maximum atomic E-state index is 12.4. The molecular weight excluding hydrogens is 243 g/mol. The van der Waals surface area contributed by atoms with E-state index in [2.05, 4.69) is 0 Å². The molecule has 0 spiro atoms. The number of benzene rings is 1. The Kier molecular flexibility index (Phi) is 4.58. The molecule has 0 fully saturated rings. The summed E-state index contributed by atoms with van der Waals surface area (Å²) in [5, 5.41) is 7.22. The number of hydrogen-bond acceptors (Lipinski definition) is 2. The number of nitrogens with zero attached hydrogens (tertiary/aromatic N) is 1. The zero-order chi connectivity index (χ0) is 13.8. The summed E-state index contributed by atoms with van der Waals surface area (Å²) in [6.07, 6.45) is -3.60. The van der Waals surface area contributed by atoms with Crippen LogP contribution in [0.5, 0.6) is 0 Å². The van der Waals surface area contributed by atoms with Gasteiger partial charge in [-0.15, -0.1) is 0 Å². The number of nitrogens with one attached hydrogen (secondary N) is 1. The van der Waals surface area contributed by atoms with Gasteiger partial charge in [-0.25, -0.2) is 0 Å². The Morgan fingerprint density at radius 2 is 1.83 bits per heavy atom. The van der Waals surface area contributed by atoms with Crippen molar-refractivity contribution in [3.05, 3.63) is 29.8 Å². The fraction of sp³-hybridized carbons (Fsp3) is 0.417. The van der Waals surface area contributed by atoms with Gasteiger partial charge in [-0.1, -0.05) is 6.92 Å². The summed E-state index contributed by atoms with van der Waals surface area (Å²) < 4.78 is 37.3. The number of hydrogen-bond donors (Lipinski definition) is 2. The van der Waals surface area contributed by atoms with Crippen LogP contribution in [0.25, 0.3) is 0 Å². The van der Waals surface area contributed by atoms with Gasteiger partial charge in [0.1, 0.15) is 12.4 Å². The first kappa shape index (κ1) is 14.3.